The Bertz CT molecular complexity index is 783. The molecule has 2 rings (SSSR count). The molecule has 0 spiro atoms. The molecular formula is C18H23N3O4. The molecule has 0 aliphatic carbocycles. The van der Waals surface area contributed by atoms with Gasteiger partial charge < -0.3 is 14.8 Å². The van der Waals surface area contributed by atoms with Crippen LogP contribution < -0.4 is 10.1 Å². The van der Waals surface area contributed by atoms with Crippen molar-refractivity contribution in [3.8, 4) is 5.75 Å². The summed E-state index contributed by atoms with van der Waals surface area (Å²) in [6.45, 7) is 7.44. The fraction of sp³-hybridized carbons (Fsp3) is 0.389. The van der Waals surface area contributed by atoms with Gasteiger partial charge in [0.15, 0.2) is 6.10 Å². The molecule has 1 aromatic carbocycles. The van der Waals surface area contributed by atoms with Crippen molar-refractivity contribution in [3.05, 3.63) is 41.2 Å². The van der Waals surface area contributed by atoms with Gasteiger partial charge in [-0.3, -0.25) is 9.48 Å². The van der Waals surface area contributed by atoms with Crippen molar-refractivity contribution >= 4 is 17.6 Å². The van der Waals surface area contributed by atoms with Gasteiger partial charge >= 0.3 is 5.97 Å². The van der Waals surface area contributed by atoms with Gasteiger partial charge in [0.05, 0.1) is 23.7 Å². The van der Waals surface area contributed by atoms with E-state index in [-0.39, 0.29) is 5.56 Å². The van der Waals surface area contributed by atoms with Gasteiger partial charge in [-0.1, -0.05) is 12.1 Å². The number of nitrogens with one attached hydrogen (secondary N) is 1. The van der Waals surface area contributed by atoms with Crippen molar-refractivity contribution in [1.29, 1.82) is 0 Å². The predicted octanol–water partition coefficient (Wildman–Crippen LogP) is 2.62. The molecule has 0 radical (unpaired) electrons. The molecular weight excluding hydrogens is 322 g/mol. The Hall–Kier alpha value is -2.83. The molecule has 1 heterocycles. The summed E-state index contributed by atoms with van der Waals surface area (Å²) >= 11 is 0. The number of aromatic nitrogens is 2. The predicted molar refractivity (Wildman–Crippen MR) is 93.8 cm³/mol. The van der Waals surface area contributed by atoms with E-state index in [1.807, 2.05) is 13.8 Å². The van der Waals surface area contributed by atoms with Crippen LogP contribution in [0.5, 0.6) is 5.75 Å². The number of carbonyl (C=O) groups is 2. The maximum Gasteiger partial charge on any atom is 0.342 e. The second-order valence-corrected chi connectivity index (χ2v) is 5.64. The fourth-order valence-corrected chi connectivity index (χ4v) is 2.37. The van der Waals surface area contributed by atoms with Gasteiger partial charge in [-0.2, -0.15) is 5.10 Å². The number of rotatable bonds is 6. The number of ether oxygens (including phenoxy) is 2. The van der Waals surface area contributed by atoms with Crippen molar-refractivity contribution in [2.24, 2.45) is 7.05 Å². The van der Waals surface area contributed by atoms with E-state index < -0.39 is 18.0 Å². The molecule has 0 fully saturated rings. The Kier molecular flexibility index (Phi) is 5.80. The van der Waals surface area contributed by atoms with E-state index in [2.05, 4.69) is 10.4 Å². The molecule has 1 aromatic heterocycles. The molecule has 1 N–H and O–H groups in total. The van der Waals surface area contributed by atoms with Gasteiger partial charge in [0.25, 0.3) is 5.91 Å². The second kappa shape index (κ2) is 7.83. The number of carbonyl (C=O) groups excluding carboxylic acids is 2. The zero-order valence-electron chi connectivity index (χ0n) is 15.1. The van der Waals surface area contributed by atoms with Crippen LogP contribution in [0, 0.1) is 13.8 Å². The standard InChI is InChI=1S/C18H23N3O4/c1-6-24-15-10-8-7-9-14(15)18(23)25-13(4)17(22)19-16-11(2)20-21(5)12(16)3/h7-10,13H,6H2,1-5H3,(H,19,22)/t13-/m1/s1. The van der Waals surface area contributed by atoms with E-state index in [1.165, 1.54) is 6.92 Å². The molecule has 2 aromatic rings. The number of amides is 1. The second-order valence-electron chi connectivity index (χ2n) is 5.64. The summed E-state index contributed by atoms with van der Waals surface area (Å²) < 4.78 is 12.4. The smallest absolute Gasteiger partial charge is 0.342 e. The van der Waals surface area contributed by atoms with Crippen LogP contribution in [-0.2, 0) is 16.6 Å². The van der Waals surface area contributed by atoms with Gasteiger partial charge in [-0.05, 0) is 39.8 Å². The summed E-state index contributed by atoms with van der Waals surface area (Å²) in [5.41, 5.74) is 2.45. The van der Waals surface area contributed by atoms with E-state index in [1.54, 1.807) is 42.9 Å². The van der Waals surface area contributed by atoms with Gasteiger partial charge in [0.1, 0.15) is 11.3 Å². The van der Waals surface area contributed by atoms with E-state index in [0.717, 1.165) is 5.69 Å². The Morgan fingerprint density at radius 3 is 2.56 bits per heavy atom. The number of esters is 1. The highest BCUT2D eigenvalue weighted by molar-refractivity contribution is 5.98. The molecule has 7 heteroatoms. The lowest BCUT2D eigenvalue weighted by Crippen LogP contribution is -2.30. The van der Waals surface area contributed by atoms with Crippen molar-refractivity contribution in [1.82, 2.24) is 9.78 Å². The minimum atomic E-state index is -0.957. The first-order chi connectivity index (χ1) is 11.8. The maximum atomic E-state index is 12.3. The third kappa shape index (κ3) is 4.17. The molecule has 134 valence electrons. The first-order valence-corrected chi connectivity index (χ1v) is 8.09. The Morgan fingerprint density at radius 1 is 1.28 bits per heavy atom. The quantitative estimate of drug-likeness (QED) is 0.814. The molecule has 0 aliphatic heterocycles. The van der Waals surface area contributed by atoms with Crippen molar-refractivity contribution in [3.63, 3.8) is 0 Å². The molecule has 25 heavy (non-hydrogen) atoms. The Morgan fingerprint density at radius 2 is 1.96 bits per heavy atom. The number of nitrogens with zero attached hydrogens (tertiary/aromatic N) is 2. The van der Waals surface area contributed by atoms with E-state index in [4.69, 9.17) is 9.47 Å². The van der Waals surface area contributed by atoms with E-state index in [9.17, 15) is 9.59 Å². The minimum Gasteiger partial charge on any atom is -0.493 e. The van der Waals surface area contributed by atoms with Crippen LogP contribution in [-0.4, -0.2) is 34.4 Å². The summed E-state index contributed by atoms with van der Waals surface area (Å²) in [5, 5.41) is 7.01. The zero-order chi connectivity index (χ0) is 18.6. The van der Waals surface area contributed by atoms with Crippen LogP contribution in [0.2, 0.25) is 0 Å². The number of hydrogen-bond donors (Lipinski definition) is 1. The summed E-state index contributed by atoms with van der Waals surface area (Å²) in [6, 6.07) is 6.78. The molecule has 0 saturated heterocycles. The van der Waals surface area contributed by atoms with Gasteiger partial charge in [0.2, 0.25) is 0 Å². The summed E-state index contributed by atoms with van der Waals surface area (Å²) in [4.78, 5) is 24.7. The lowest BCUT2D eigenvalue weighted by molar-refractivity contribution is -0.123. The normalized spacial score (nSPS) is 11.7. The van der Waals surface area contributed by atoms with Gasteiger partial charge in [-0.15, -0.1) is 0 Å². The Labute approximate surface area is 146 Å². The highest BCUT2D eigenvalue weighted by Crippen LogP contribution is 2.21. The molecule has 0 aliphatic rings. The van der Waals surface area contributed by atoms with E-state index in [0.29, 0.717) is 23.7 Å². The summed E-state index contributed by atoms with van der Waals surface area (Å²) in [5.74, 6) is -0.589. The first kappa shape index (κ1) is 18.5. The molecule has 0 bridgehead atoms. The Balaban J connectivity index is 2.07. The maximum absolute atomic E-state index is 12.3. The highest BCUT2D eigenvalue weighted by atomic mass is 16.5. The minimum absolute atomic E-state index is 0.290. The lowest BCUT2D eigenvalue weighted by Gasteiger charge is -2.15. The largest absolute Gasteiger partial charge is 0.493 e. The summed E-state index contributed by atoms with van der Waals surface area (Å²) in [7, 11) is 1.80. The van der Waals surface area contributed by atoms with Crippen molar-refractivity contribution < 1.29 is 19.1 Å². The van der Waals surface area contributed by atoms with Crippen LogP contribution in [0.25, 0.3) is 0 Å². The highest BCUT2D eigenvalue weighted by Gasteiger charge is 2.23. The molecule has 0 unspecified atom stereocenters. The van der Waals surface area contributed by atoms with Gasteiger partial charge in [-0.25, -0.2) is 4.79 Å². The van der Waals surface area contributed by atoms with Crippen LogP contribution in [0.15, 0.2) is 24.3 Å². The monoisotopic (exact) mass is 345 g/mol. The fourth-order valence-electron chi connectivity index (χ4n) is 2.37. The molecule has 7 nitrogen and oxygen atoms in total. The molecule has 1 amide bonds. The van der Waals surface area contributed by atoms with Crippen molar-refractivity contribution in [2.75, 3.05) is 11.9 Å². The third-order valence-corrected chi connectivity index (χ3v) is 3.82. The third-order valence-electron chi connectivity index (χ3n) is 3.82. The average molecular weight is 345 g/mol. The number of benzene rings is 1. The van der Waals surface area contributed by atoms with Crippen LogP contribution >= 0.6 is 0 Å². The van der Waals surface area contributed by atoms with Crippen LogP contribution in [0.1, 0.15) is 35.6 Å². The first-order valence-electron chi connectivity index (χ1n) is 8.09. The number of hydrogen-bond acceptors (Lipinski definition) is 5. The van der Waals surface area contributed by atoms with Crippen LogP contribution in [0.3, 0.4) is 0 Å². The van der Waals surface area contributed by atoms with Gasteiger partial charge in [0, 0.05) is 7.05 Å². The molecule has 1 atom stereocenters. The SMILES string of the molecule is CCOc1ccccc1C(=O)O[C@H](C)C(=O)Nc1c(C)nn(C)c1C. The number of para-hydroxylation sites is 1. The topological polar surface area (TPSA) is 82.4 Å². The molecule has 0 saturated carbocycles. The zero-order valence-corrected chi connectivity index (χ0v) is 15.1. The van der Waals surface area contributed by atoms with E-state index >= 15 is 0 Å². The number of aryl methyl sites for hydroxylation is 2. The summed E-state index contributed by atoms with van der Waals surface area (Å²) in [6.07, 6.45) is -0.957. The van der Waals surface area contributed by atoms with Crippen LogP contribution in [0.4, 0.5) is 5.69 Å². The lowest BCUT2D eigenvalue weighted by atomic mass is 10.2. The average Bonchev–Trinajstić information content (AvgIpc) is 2.81. The number of anilines is 1. The van der Waals surface area contributed by atoms with Crippen molar-refractivity contribution in [2.45, 2.75) is 33.8 Å².